The summed E-state index contributed by atoms with van der Waals surface area (Å²) >= 11 is 3.44. The summed E-state index contributed by atoms with van der Waals surface area (Å²) in [6.45, 7) is 1.77. The molecule has 0 spiro atoms. The Morgan fingerprint density at radius 2 is 2.06 bits per heavy atom. The molecule has 11 heteroatoms. The predicted molar refractivity (Wildman–Crippen MR) is 124 cm³/mol. The standard InChI is InChI=1S/C21H27BrFN5O3.ClH/c22-12-6-28(18-14(12)17(24)26-11-27-18)19-16(30)15(29)13(31-19)4-2-1-3-5-25-10-20-7-21(23,8-20)9-20;/h2,4,6,11,13,15-16,19,25,29-30H,1,3,5,7-10H2,(H2,24,26,27);1H/b4-2+;/t13-,15-,16-,19-,20?,21?;/m1./s1. The van der Waals surface area contributed by atoms with Crippen LogP contribution in [0.1, 0.15) is 38.3 Å². The highest BCUT2D eigenvalue weighted by Crippen LogP contribution is 2.69. The van der Waals surface area contributed by atoms with Crippen molar-refractivity contribution in [3.05, 3.63) is 29.1 Å². The lowest BCUT2D eigenvalue weighted by Crippen LogP contribution is -2.67. The molecule has 32 heavy (non-hydrogen) atoms. The van der Waals surface area contributed by atoms with Crippen molar-refractivity contribution in [3.63, 3.8) is 0 Å². The molecule has 1 saturated heterocycles. The zero-order valence-corrected chi connectivity index (χ0v) is 19.9. The fourth-order valence-corrected chi connectivity index (χ4v) is 5.91. The predicted octanol–water partition coefficient (Wildman–Crippen LogP) is 2.64. The van der Waals surface area contributed by atoms with Crippen molar-refractivity contribution in [1.29, 1.82) is 0 Å². The van der Waals surface area contributed by atoms with Crippen LogP contribution in [0.5, 0.6) is 0 Å². The van der Waals surface area contributed by atoms with Gasteiger partial charge in [-0.05, 0) is 60.0 Å². The highest BCUT2D eigenvalue weighted by Gasteiger charge is 2.68. The monoisotopic (exact) mass is 531 g/mol. The molecule has 0 radical (unpaired) electrons. The Morgan fingerprint density at radius 3 is 2.78 bits per heavy atom. The molecule has 2 aromatic rings. The lowest BCUT2D eigenvalue weighted by molar-refractivity contribution is -0.209. The molecule has 4 atom stereocenters. The maximum Gasteiger partial charge on any atom is 0.164 e. The number of nitrogens with zero attached hydrogens (tertiary/aromatic N) is 3. The number of unbranched alkanes of at least 4 members (excludes halogenated alkanes) is 1. The van der Waals surface area contributed by atoms with Crippen LogP contribution in [-0.2, 0) is 4.74 Å². The number of aromatic nitrogens is 3. The van der Waals surface area contributed by atoms with Gasteiger partial charge in [-0.15, -0.1) is 12.4 Å². The SMILES string of the molecule is Cl.Nc1ncnc2c1c(Br)cn2[C@@H]1O[C@H](/C=C/CCCNCC23CC(F)(C2)C3)[C@@H](O)[C@H]1O. The average Bonchev–Trinajstić information content (AvgIpc) is 3.17. The number of anilines is 1. The molecule has 1 aliphatic heterocycles. The summed E-state index contributed by atoms with van der Waals surface area (Å²) < 4.78 is 21.8. The number of nitrogens with one attached hydrogen (secondary N) is 1. The number of hydrogen-bond donors (Lipinski definition) is 4. The number of nitrogen functional groups attached to an aromatic ring is 1. The van der Waals surface area contributed by atoms with E-state index in [1.165, 1.54) is 6.33 Å². The number of nitrogens with two attached hydrogens (primary N) is 1. The van der Waals surface area contributed by atoms with Crippen LogP contribution in [0.2, 0.25) is 0 Å². The van der Waals surface area contributed by atoms with Gasteiger partial charge in [0, 0.05) is 17.2 Å². The van der Waals surface area contributed by atoms with E-state index in [0.717, 1.165) is 45.2 Å². The van der Waals surface area contributed by atoms with Crippen LogP contribution in [-0.4, -0.2) is 61.8 Å². The second kappa shape index (κ2) is 8.81. The van der Waals surface area contributed by atoms with E-state index in [0.29, 0.717) is 21.3 Å². The van der Waals surface area contributed by atoms with Crippen LogP contribution in [0.15, 0.2) is 29.1 Å². The van der Waals surface area contributed by atoms with Gasteiger partial charge in [0.15, 0.2) is 6.23 Å². The fraction of sp³-hybridized carbons (Fsp3) is 0.619. The third kappa shape index (κ3) is 4.05. The van der Waals surface area contributed by atoms with Crippen LogP contribution in [0.25, 0.3) is 11.0 Å². The molecule has 3 saturated carbocycles. The van der Waals surface area contributed by atoms with E-state index in [1.807, 2.05) is 6.08 Å². The Labute approximate surface area is 200 Å². The Kier molecular flexibility index (Phi) is 6.56. The molecule has 0 amide bonds. The van der Waals surface area contributed by atoms with E-state index in [1.54, 1.807) is 16.8 Å². The minimum atomic E-state index is -1.11. The Balaban J connectivity index is 0.00000245. The molecular formula is C21H28BrClFN5O3. The van der Waals surface area contributed by atoms with Crippen molar-refractivity contribution in [3.8, 4) is 0 Å². The minimum absolute atomic E-state index is 0. The van der Waals surface area contributed by atoms with Crippen molar-refractivity contribution < 1.29 is 19.3 Å². The van der Waals surface area contributed by atoms with Crippen LogP contribution >= 0.6 is 28.3 Å². The lowest BCUT2D eigenvalue weighted by atomic mass is 9.42. The van der Waals surface area contributed by atoms with Gasteiger partial charge < -0.3 is 30.6 Å². The summed E-state index contributed by atoms with van der Waals surface area (Å²) in [5.74, 6) is 0.326. The number of ether oxygens (including phenoxy) is 1. The molecule has 176 valence electrons. The zero-order chi connectivity index (χ0) is 21.8. The maximum atomic E-state index is 13.5. The number of halogens is 3. The summed E-state index contributed by atoms with van der Waals surface area (Å²) in [7, 11) is 0. The van der Waals surface area contributed by atoms with Crippen LogP contribution in [0.3, 0.4) is 0 Å². The van der Waals surface area contributed by atoms with Gasteiger partial charge in [0.1, 0.15) is 41.8 Å². The molecule has 8 nitrogen and oxygen atoms in total. The van der Waals surface area contributed by atoms with Gasteiger partial charge in [-0.3, -0.25) is 0 Å². The average molecular weight is 533 g/mol. The molecule has 2 bridgehead atoms. The fourth-order valence-electron chi connectivity index (χ4n) is 5.31. The van der Waals surface area contributed by atoms with Gasteiger partial charge in [-0.2, -0.15) is 0 Å². The van der Waals surface area contributed by atoms with E-state index in [9.17, 15) is 14.6 Å². The molecule has 0 aromatic carbocycles. The number of rotatable bonds is 8. The Hall–Kier alpha value is -1.30. The van der Waals surface area contributed by atoms with E-state index in [4.69, 9.17) is 10.5 Å². The van der Waals surface area contributed by atoms with Crippen LogP contribution in [0, 0.1) is 5.41 Å². The van der Waals surface area contributed by atoms with Gasteiger partial charge in [-0.1, -0.05) is 12.2 Å². The second-order valence-corrected chi connectivity index (χ2v) is 10.1. The second-order valence-electron chi connectivity index (χ2n) is 9.24. The van der Waals surface area contributed by atoms with Crippen molar-refractivity contribution in [2.75, 3.05) is 18.8 Å². The first-order valence-electron chi connectivity index (χ1n) is 10.7. The van der Waals surface area contributed by atoms with Gasteiger partial charge in [0.2, 0.25) is 0 Å². The van der Waals surface area contributed by atoms with E-state index in [2.05, 4.69) is 31.2 Å². The Bertz CT molecular complexity index is 1000. The van der Waals surface area contributed by atoms with Gasteiger partial charge >= 0.3 is 0 Å². The summed E-state index contributed by atoms with van der Waals surface area (Å²) in [5.41, 5.74) is 5.85. The first-order valence-corrected chi connectivity index (χ1v) is 11.4. The molecule has 2 aromatic heterocycles. The summed E-state index contributed by atoms with van der Waals surface area (Å²) in [5, 5.41) is 25.1. The van der Waals surface area contributed by atoms with Crippen molar-refractivity contribution in [2.24, 2.45) is 5.41 Å². The van der Waals surface area contributed by atoms with E-state index >= 15 is 0 Å². The molecule has 3 heterocycles. The third-order valence-corrected chi connectivity index (χ3v) is 7.37. The van der Waals surface area contributed by atoms with Gasteiger partial charge in [0.05, 0.1) is 5.39 Å². The number of aliphatic hydroxyl groups is 2. The van der Waals surface area contributed by atoms with Gasteiger partial charge in [-0.25, -0.2) is 14.4 Å². The van der Waals surface area contributed by atoms with E-state index < -0.39 is 30.2 Å². The van der Waals surface area contributed by atoms with E-state index in [-0.39, 0.29) is 17.8 Å². The van der Waals surface area contributed by atoms with Crippen molar-refractivity contribution in [1.82, 2.24) is 19.9 Å². The summed E-state index contributed by atoms with van der Waals surface area (Å²) in [4.78, 5) is 8.25. The van der Waals surface area contributed by atoms with Crippen molar-refractivity contribution in [2.45, 2.75) is 62.3 Å². The first kappa shape index (κ1) is 23.8. The zero-order valence-electron chi connectivity index (χ0n) is 17.5. The lowest BCUT2D eigenvalue weighted by Gasteiger charge is -2.66. The van der Waals surface area contributed by atoms with Crippen LogP contribution in [0.4, 0.5) is 10.2 Å². The number of hydrogen-bond acceptors (Lipinski definition) is 7. The molecule has 5 N–H and O–H groups in total. The maximum absolute atomic E-state index is 13.5. The summed E-state index contributed by atoms with van der Waals surface area (Å²) in [6.07, 6.45) is 7.20. The molecule has 3 aliphatic carbocycles. The normalized spacial score (nSPS) is 35.6. The summed E-state index contributed by atoms with van der Waals surface area (Å²) in [6, 6.07) is 0. The molecule has 6 rings (SSSR count). The first-order chi connectivity index (χ1) is 14.8. The number of fused-ring (bicyclic) bond motifs is 1. The minimum Gasteiger partial charge on any atom is -0.387 e. The Morgan fingerprint density at radius 1 is 1.31 bits per heavy atom. The largest absolute Gasteiger partial charge is 0.387 e. The van der Waals surface area contributed by atoms with Crippen LogP contribution < -0.4 is 11.1 Å². The third-order valence-electron chi connectivity index (χ3n) is 6.77. The van der Waals surface area contributed by atoms with Crippen molar-refractivity contribution >= 4 is 45.2 Å². The quantitative estimate of drug-likeness (QED) is 0.305. The highest BCUT2D eigenvalue weighted by molar-refractivity contribution is 9.10. The van der Waals surface area contributed by atoms with Gasteiger partial charge in [0.25, 0.3) is 0 Å². The molecule has 0 unspecified atom stereocenters. The number of allylic oxidation sites excluding steroid dienone is 1. The number of alkyl halides is 1. The highest BCUT2D eigenvalue weighted by atomic mass is 79.9. The smallest absolute Gasteiger partial charge is 0.164 e. The topological polar surface area (TPSA) is 118 Å². The molecule has 4 aliphatic rings. The number of aliphatic hydroxyl groups excluding tert-OH is 2. The molecule has 4 fully saturated rings. The molecular weight excluding hydrogens is 505 g/mol.